The van der Waals surface area contributed by atoms with Gasteiger partial charge in [-0.1, -0.05) is 17.7 Å². The van der Waals surface area contributed by atoms with Crippen molar-refractivity contribution >= 4 is 17.4 Å². The van der Waals surface area contributed by atoms with E-state index in [0.717, 1.165) is 19.4 Å². The third kappa shape index (κ3) is 2.67. The molecule has 0 radical (unpaired) electrons. The third-order valence-electron chi connectivity index (χ3n) is 3.33. The maximum atomic E-state index is 13.2. The van der Waals surface area contributed by atoms with Gasteiger partial charge in [0, 0.05) is 6.42 Å². The lowest BCUT2D eigenvalue weighted by Crippen LogP contribution is -2.45. The van der Waals surface area contributed by atoms with Crippen molar-refractivity contribution in [2.24, 2.45) is 0 Å². The highest BCUT2D eigenvalue weighted by molar-refractivity contribution is 6.30. The maximum absolute atomic E-state index is 13.2. The molecule has 0 bridgehead atoms. The highest BCUT2D eigenvalue weighted by Gasteiger charge is 2.35. The first-order valence-corrected chi connectivity index (χ1v) is 6.11. The van der Waals surface area contributed by atoms with Crippen molar-refractivity contribution < 1.29 is 9.18 Å². The second-order valence-corrected chi connectivity index (χ2v) is 5.12. The van der Waals surface area contributed by atoms with Crippen LogP contribution in [0.25, 0.3) is 0 Å². The molecule has 1 aliphatic rings. The van der Waals surface area contributed by atoms with Gasteiger partial charge in [-0.25, -0.2) is 4.39 Å². The van der Waals surface area contributed by atoms with Crippen molar-refractivity contribution in [2.75, 3.05) is 6.54 Å². The average Bonchev–Trinajstić information content (AvgIpc) is 2.72. The molecule has 1 N–H and O–H groups in total. The molecule has 1 aliphatic heterocycles. The molecule has 0 spiro atoms. The number of hydrogen-bond donors (Lipinski definition) is 1. The van der Waals surface area contributed by atoms with Gasteiger partial charge in [-0.05, 0) is 44.0 Å². The van der Waals surface area contributed by atoms with E-state index < -0.39 is 11.4 Å². The van der Waals surface area contributed by atoms with Gasteiger partial charge in [0.2, 0.25) is 0 Å². The maximum Gasteiger partial charge on any atom is 0.156 e. The lowest BCUT2D eigenvalue weighted by atomic mass is 9.90. The van der Waals surface area contributed by atoms with Gasteiger partial charge in [0.1, 0.15) is 5.82 Å². The molecule has 1 fully saturated rings. The Bertz CT molecular complexity index is 441. The van der Waals surface area contributed by atoms with Gasteiger partial charge >= 0.3 is 0 Å². The van der Waals surface area contributed by atoms with Gasteiger partial charge in [0.05, 0.1) is 10.6 Å². The van der Waals surface area contributed by atoms with E-state index in [4.69, 9.17) is 11.6 Å². The molecule has 1 heterocycles. The van der Waals surface area contributed by atoms with E-state index in [1.54, 1.807) is 6.07 Å². The molecule has 0 amide bonds. The van der Waals surface area contributed by atoms with Gasteiger partial charge < -0.3 is 5.32 Å². The molecule has 1 aromatic rings. The first-order chi connectivity index (χ1) is 8.01. The van der Waals surface area contributed by atoms with E-state index in [-0.39, 0.29) is 17.2 Å². The Hall–Kier alpha value is -0.930. The molecule has 0 aromatic heterocycles. The average molecular weight is 256 g/mol. The molecular weight excluding hydrogens is 241 g/mol. The van der Waals surface area contributed by atoms with Crippen molar-refractivity contribution in [1.29, 1.82) is 0 Å². The summed E-state index contributed by atoms with van der Waals surface area (Å²) in [4.78, 5) is 12.1. The molecule has 17 heavy (non-hydrogen) atoms. The van der Waals surface area contributed by atoms with Crippen LogP contribution in [0.2, 0.25) is 5.02 Å². The van der Waals surface area contributed by atoms with Crippen LogP contribution >= 0.6 is 11.6 Å². The number of nitrogens with one attached hydrogen (secondary N) is 1. The first kappa shape index (κ1) is 12.5. The normalized spacial score (nSPS) is 23.9. The van der Waals surface area contributed by atoms with Gasteiger partial charge in [0.25, 0.3) is 0 Å². The summed E-state index contributed by atoms with van der Waals surface area (Å²) in [6.07, 6.45) is 2.11. The molecule has 1 aromatic carbocycles. The lowest BCUT2D eigenvalue weighted by Gasteiger charge is -2.22. The fourth-order valence-electron chi connectivity index (χ4n) is 2.16. The molecule has 4 heteroatoms. The molecule has 2 nitrogen and oxygen atoms in total. The molecule has 1 atom stereocenters. The number of halogens is 2. The number of hydrogen-bond acceptors (Lipinski definition) is 2. The fraction of sp³-hybridized carbons (Fsp3) is 0.462. The van der Waals surface area contributed by atoms with E-state index in [1.165, 1.54) is 12.1 Å². The van der Waals surface area contributed by atoms with Crippen molar-refractivity contribution in [3.8, 4) is 0 Å². The summed E-state index contributed by atoms with van der Waals surface area (Å²) < 4.78 is 13.2. The first-order valence-electron chi connectivity index (χ1n) is 5.73. The minimum Gasteiger partial charge on any atom is -0.305 e. The molecule has 1 unspecified atom stereocenters. The summed E-state index contributed by atoms with van der Waals surface area (Å²) in [6, 6.07) is 4.52. The van der Waals surface area contributed by atoms with E-state index in [9.17, 15) is 9.18 Å². The van der Waals surface area contributed by atoms with Crippen molar-refractivity contribution in [2.45, 2.75) is 31.7 Å². The highest BCUT2D eigenvalue weighted by atomic mass is 35.5. The van der Waals surface area contributed by atoms with Gasteiger partial charge in [0.15, 0.2) is 5.78 Å². The van der Waals surface area contributed by atoms with E-state index in [0.29, 0.717) is 5.56 Å². The van der Waals surface area contributed by atoms with Gasteiger partial charge in [-0.3, -0.25) is 4.79 Å². The van der Waals surface area contributed by atoms with Gasteiger partial charge in [-0.2, -0.15) is 0 Å². The van der Waals surface area contributed by atoms with Crippen LogP contribution < -0.4 is 5.32 Å². The Morgan fingerprint density at radius 1 is 1.59 bits per heavy atom. The number of rotatable bonds is 3. The minimum absolute atomic E-state index is 0.0893. The van der Waals surface area contributed by atoms with Gasteiger partial charge in [-0.15, -0.1) is 0 Å². The quantitative estimate of drug-likeness (QED) is 0.900. The zero-order chi connectivity index (χ0) is 12.5. The van der Waals surface area contributed by atoms with Crippen molar-refractivity contribution in [1.82, 2.24) is 5.32 Å². The second kappa shape index (κ2) is 4.75. The molecule has 92 valence electrons. The van der Waals surface area contributed by atoms with Crippen LogP contribution in [0.4, 0.5) is 4.39 Å². The summed E-state index contributed by atoms with van der Waals surface area (Å²) in [6.45, 7) is 2.78. The van der Waals surface area contributed by atoms with Crippen molar-refractivity contribution in [3.63, 3.8) is 0 Å². The van der Waals surface area contributed by atoms with Crippen LogP contribution in [0.3, 0.4) is 0 Å². The van der Waals surface area contributed by atoms with E-state index in [2.05, 4.69) is 5.32 Å². The number of ketones is 1. The van der Waals surface area contributed by atoms with Crippen molar-refractivity contribution in [3.05, 3.63) is 34.6 Å². The predicted molar refractivity (Wildman–Crippen MR) is 65.8 cm³/mol. The van der Waals surface area contributed by atoms with Crippen LogP contribution in [-0.4, -0.2) is 17.9 Å². The van der Waals surface area contributed by atoms with Crippen LogP contribution in [0.5, 0.6) is 0 Å². The molecule has 0 saturated carbocycles. The Balaban J connectivity index is 2.10. The monoisotopic (exact) mass is 255 g/mol. The topological polar surface area (TPSA) is 29.1 Å². The predicted octanol–water partition coefficient (Wildman–Crippen LogP) is 2.73. The molecule has 1 saturated heterocycles. The Kier molecular flexibility index (Phi) is 3.50. The zero-order valence-corrected chi connectivity index (χ0v) is 10.5. The van der Waals surface area contributed by atoms with Crippen LogP contribution in [0.1, 0.15) is 25.3 Å². The SMILES string of the molecule is CC1(C(=O)Cc2ccc(Cl)c(F)c2)CCCN1. The summed E-state index contributed by atoms with van der Waals surface area (Å²) >= 11 is 5.60. The molecular formula is C13H15ClFNO. The summed E-state index contributed by atoms with van der Waals surface area (Å²) in [5.41, 5.74) is 0.225. The Morgan fingerprint density at radius 3 is 2.94 bits per heavy atom. The standard InChI is InChI=1S/C13H15ClFNO/c1-13(5-2-6-16-13)12(17)8-9-3-4-10(14)11(15)7-9/h3-4,7,16H,2,5-6,8H2,1H3. The number of carbonyl (C=O) groups excluding carboxylic acids is 1. The highest BCUT2D eigenvalue weighted by Crippen LogP contribution is 2.22. The second-order valence-electron chi connectivity index (χ2n) is 4.71. The van der Waals surface area contributed by atoms with Crippen LogP contribution in [0, 0.1) is 5.82 Å². The van der Waals surface area contributed by atoms with E-state index in [1.807, 2.05) is 6.92 Å². The molecule has 2 rings (SSSR count). The third-order valence-corrected chi connectivity index (χ3v) is 3.64. The fourth-order valence-corrected chi connectivity index (χ4v) is 2.28. The summed E-state index contributed by atoms with van der Waals surface area (Å²) in [7, 11) is 0. The Labute approximate surface area is 105 Å². The zero-order valence-electron chi connectivity index (χ0n) is 9.72. The molecule has 0 aliphatic carbocycles. The summed E-state index contributed by atoms with van der Waals surface area (Å²) in [5.74, 6) is -0.363. The lowest BCUT2D eigenvalue weighted by molar-refractivity contribution is -0.123. The van der Waals surface area contributed by atoms with Crippen LogP contribution in [0.15, 0.2) is 18.2 Å². The largest absolute Gasteiger partial charge is 0.305 e. The number of Topliss-reactive ketones (excluding diaryl/α,β-unsaturated/α-hetero) is 1. The number of carbonyl (C=O) groups is 1. The Morgan fingerprint density at radius 2 is 2.35 bits per heavy atom. The van der Waals surface area contributed by atoms with Crippen LogP contribution in [-0.2, 0) is 11.2 Å². The smallest absolute Gasteiger partial charge is 0.156 e. The minimum atomic E-state index is -0.471. The van der Waals surface area contributed by atoms with E-state index >= 15 is 0 Å². The number of benzene rings is 1. The summed E-state index contributed by atoms with van der Waals surface area (Å²) in [5, 5.41) is 3.30.